The molecule has 0 bridgehead atoms. The lowest BCUT2D eigenvalue weighted by Crippen LogP contribution is -2.23. The molecule has 1 saturated heterocycles. The van der Waals surface area contributed by atoms with Crippen LogP contribution >= 0.6 is 0 Å². The zero-order valence-electron chi connectivity index (χ0n) is 10.3. The Morgan fingerprint density at radius 1 is 1.59 bits per heavy atom. The van der Waals surface area contributed by atoms with Crippen molar-refractivity contribution in [1.82, 2.24) is 14.7 Å². The summed E-state index contributed by atoms with van der Waals surface area (Å²) < 4.78 is 1.89. The Morgan fingerprint density at radius 3 is 2.88 bits per heavy atom. The highest BCUT2D eigenvalue weighted by Gasteiger charge is 2.34. The van der Waals surface area contributed by atoms with Crippen LogP contribution in [0.4, 0.5) is 0 Å². The minimum atomic E-state index is -0.677. The van der Waals surface area contributed by atoms with E-state index in [1.165, 1.54) is 0 Å². The highest BCUT2D eigenvalue weighted by Crippen LogP contribution is 2.24. The van der Waals surface area contributed by atoms with Gasteiger partial charge in [0.05, 0.1) is 12.1 Å². The molecule has 2 atom stereocenters. The van der Waals surface area contributed by atoms with Gasteiger partial charge in [0.2, 0.25) is 0 Å². The van der Waals surface area contributed by atoms with Crippen LogP contribution in [0.15, 0.2) is 12.4 Å². The lowest BCUT2D eigenvalue weighted by atomic mass is 9.99. The van der Waals surface area contributed by atoms with Crippen molar-refractivity contribution in [2.24, 2.45) is 11.8 Å². The lowest BCUT2D eigenvalue weighted by Gasteiger charge is -2.13. The average molecular weight is 237 g/mol. The van der Waals surface area contributed by atoms with Gasteiger partial charge in [-0.1, -0.05) is 6.92 Å². The Labute approximate surface area is 101 Å². The van der Waals surface area contributed by atoms with Gasteiger partial charge in [0.25, 0.3) is 0 Å². The van der Waals surface area contributed by atoms with Crippen LogP contribution in [0, 0.1) is 11.8 Å². The molecule has 17 heavy (non-hydrogen) atoms. The van der Waals surface area contributed by atoms with Gasteiger partial charge in [-0.3, -0.25) is 14.4 Å². The second-order valence-corrected chi connectivity index (χ2v) is 4.82. The van der Waals surface area contributed by atoms with Crippen LogP contribution in [0.3, 0.4) is 0 Å². The maximum atomic E-state index is 11.0. The van der Waals surface area contributed by atoms with Crippen LogP contribution in [0.1, 0.15) is 19.4 Å². The summed E-state index contributed by atoms with van der Waals surface area (Å²) in [5.41, 5.74) is 1.16. The van der Waals surface area contributed by atoms with Crippen LogP contribution in [0.25, 0.3) is 0 Å². The lowest BCUT2D eigenvalue weighted by molar-refractivity contribution is -0.142. The quantitative estimate of drug-likeness (QED) is 0.850. The van der Waals surface area contributed by atoms with E-state index in [-0.39, 0.29) is 11.8 Å². The fraction of sp³-hybridized carbons (Fsp3) is 0.667. The van der Waals surface area contributed by atoms with Crippen molar-refractivity contribution >= 4 is 5.97 Å². The molecule has 1 aromatic rings. The van der Waals surface area contributed by atoms with Crippen molar-refractivity contribution in [2.75, 3.05) is 13.1 Å². The van der Waals surface area contributed by atoms with Crippen molar-refractivity contribution in [1.29, 1.82) is 0 Å². The standard InChI is InChI=1S/C12H19N3O2/c1-3-15-7-10(4-13-15)6-14-5-9(2)11(8-14)12(16)17/h4,7,9,11H,3,5-6,8H2,1-2H3,(H,16,17)/t9-,11-/m1/s1. The molecule has 1 aliphatic heterocycles. The highest BCUT2D eigenvalue weighted by molar-refractivity contribution is 5.71. The predicted octanol–water partition coefficient (Wildman–Crippen LogP) is 1.06. The summed E-state index contributed by atoms with van der Waals surface area (Å²) in [5, 5.41) is 13.3. The third-order valence-corrected chi connectivity index (χ3v) is 3.42. The molecule has 2 rings (SSSR count). The van der Waals surface area contributed by atoms with Crippen molar-refractivity contribution in [3.63, 3.8) is 0 Å². The number of aliphatic carboxylic acids is 1. The molecule has 0 aliphatic carbocycles. The SMILES string of the molecule is CCn1cc(CN2C[C@@H](C)[C@H](C(=O)O)C2)cn1. The highest BCUT2D eigenvalue weighted by atomic mass is 16.4. The summed E-state index contributed by atoms with van der Waals surface area (Å²) in [7, 11) is 0. The van der Waals surface area contributed by atoms with Gasteiger partial charge >= 0.3 is 5.97 Å². The van der Waals surface area contributed by atoms with E-state index in [9.17, 15) is 4.79 Å². The van der Waals surface area contributed by atoms with Crippen LogP contribution in [0.5, 0.6) is 0 Å². The number of hydrogen-bond acceptors (Lipinski definition) is 3. The smallest absolute Gasteiger partial charge is 0.308 e. The number of carboxylic acid groups (broad SMARTS) is 1. The van der Waals surface area contributed by atoms with E-state index >= 15 is 0 Å². The number of rotatable bonds is 4. The van der Waals surface area contributed by atoms with Gasteiger partial charge in [0.1, 0.15) is 0 Å². The number of hydrogen-bond donors (Lipinski definition) is 1. The van der Waals surface area contributed by atoms with Crippen molar-refractivity contribution in [3.8, 4) is 0 Å². The molecule has 0 radical (unpaired) electrons. The van der Waals surface area contributed by atoms with Gasteiger partial charge < -0.3 is 5.11 Å². The number of aryl methyl sites for hydroxylation is 1. The summed E-state index contributed by atoms with van der Waals surface area (Å²) in [4.78, 5) is 13.2. The molecular weight excluding hydrogens is 218 g/mol. The van der Waals surface area contributed by atoms with E-state index in [4.69, 9.17) is 5.11 Å². The number of aromatic nitrogens is 2. The molecule has 1 N–H and O–H groups in total. The van der Waals surface area contributed by atoms with E-state index in [1.54, 1.807) is 0 Å². The zero-order chi connectivity index (χ0) is 12.4. The molecule has 1 aromatic heterocycles. The van der Waals surface area contributed by atoms with Crippen molar-refractivity contribution < 1.29 is 9.90 Å². The third kappa shape index (κ3) is 2.66. The topological polar surface area (TPSA) is 58.4 Å². The van der Waals surface area contributed by atoms with E-state index < -0.39 is 5.97 Å². The number of carboxylic acids is 1. The first-order chi connectivity index (χ1) is 8.10. The molecule has 1 aliphatic rings. The maximum Gasteiger partial charge on any atom is 0.308 e. The Hall–Kier alpha value is -1.36. The molecule has 5 nitrogen and oxygen atoms in total. The van der Waals surface area contributed by atoms with Gasteiger partial charge in [-0.05, 0) is 12.8 Å². The molecule has 0 aromatic carbocycles. The molecule has 0 unspecified atom stereocenters. The van der Waals surface area contributed by atoms with Gasteiger partial charge in [0, 0.05) is 37.9 Å². The first-order valence-corrected chi connectivity index (χ1v) is 6.06. The largest absolute Gasteiger partial charge is 0.481 e. The molecule has 2 heterocycles. The summed E-state index contributed by atoms with van der Waals surface area (Å²) in [6, 6.07) is 0. The van der Waals surface area contributed by atoms with E-state index in [0.29, 0.717) is 6.54 Å². The van der Waals surface area contributed by atoms with Crippen molar-refractivity contribution in [2.45, 2.75) is 26.9 Å². The van der Waals surface area contributed by atoms with E-state index in [2.05, 4.69) is 16.9 Å². The summed E-state index contributed by atoms with van der Waals surface area (Å²) >= 11 is 0. The van der Waals surface area contributed by atoms with Gasteiger partial charge in [-0.2, -0.15) is 5.10 Å². The first-order valence-electron chi connectivity index (χ1n) is 6.06. The summed E-state index contributed by atoms with van der Waals surface area (Å²) in [6.45, 7) is 7.23. The Morgan fingerprint density at radius 2 is 2.35 bits per heavy atom. The molecule has 94 valence electrons. The van der Waals surface area contributed by atoms with Crippen molar-refractivity contribution in [3.05, 3.63) is 18.0 Å². The number of likely N-dealkylation sites (tertiary alicyclic amines) is 1. The molecule has 0 saturated carbocycles. The molecule has 0 spiro atoms. The minimum absolute atomic E-state index is 0.226. The second kappa shape index (κ2) is 4.87. The first kappa shape index (κ1) is 12.1. The molecule has 0 amide bonds. The van der Waals surface area contributed by atoms with Gasteiger partial charge in [-0.15, -0.1) is 0 Å². The van der Waals surface area contributed by atoms with E-state index in [1.807, 2.05) is 24.0 Å². The van der Waals surface area contributed by atoms with E-state index in [0.717, 1.165) is 25.2 Å². The molecule has 5 heteroatoms. The molecule has 1 fully saturated rings. The zero-order valence-corrected chi connectivity index (χ0v) is 10.3. The van der Waals surface area contributed by atoms with Gasteiger partial charge in [0.15, 0.2) is 0 Å². The summed E-state index contributed by atoms with van der Waals surface area (Å²) in [6.07, 6.45) is 3.89. The second-order valence-electron chi connectivity index (χ2n) is 4.82. The fourth-order valence-corrected chi connectivity index (χ4v) is 2.44. The van der Waals surface area contributed by atoms with Crippen LogP contribution < -0.4 is 0 Å². The molecular formula is C12H19N3O2. The Balaban J connectivity index is 1.95. The van der Waals surface area contributed by atoms with Crippen LogP contribution in [0.2, 0.25) is 0 Å². The van der Waals surface area contributed by atoms with Crippen LogP contribution in [-0.2, 0) is 17.9 Å². The van der Waals surface area contributed by atoms with Crippen LogP contribution in [-0.4, -0.2) is 38.8 Å². The maximum absolute atomic E-state index is 11.0. The average Bonchev–Trinajstić information content (AvgIpc) is 2.85. The fourth-order valence-electron chi connectivity index (χ4n) is 2.44. The third-order valence-electron chi connectivity index (χ3n) is 3.42. The Kier molecular flexibility index (Phi) is 3.47. The summed E-state index contributed by atoms with van der Waals surface area (Å²) in [5.74, 6) is -0.672. The Bertz CT molecular complexity index is 402. The normalized spacial score (nSPS) is 25.3. The van der Waals surface area contributed by atoms with Gasteiger partial charge in [-0.25, -0.2) is 0 Å². The number of carbonyl (C=O) groups is 1. The predicted molar refractivity (Wildman–Crippen MR) is 63.5 cm³/mol. The number of nitrogens with zero attached hydrogens (tertiary/aromatic N) is 3. The monoisotopic (exact) mass is 237 g/mol. The minimum Gasteiger partial charge on any atom is -0.481 e.